The van der Waals surface area contributed by atoms with Crippen molar-refractivity contribution >= 4 is 18.0 Å². The summed E-state index contributed by atoms with van der Waals surface area (Å²) in [4.78, 5) is 24.3. The molecule has 1 N–H and O–H groups in total. The number of carbonyl (C=O) groups excluding carboxylic acids is 2. The third-order valence-corrected chi connectivity index (χ3v) is 4.20. The van der Waals surface area contributed by atoms with Crippen LogP contribution < -0.4 is 14.8 Å². The van der Waals surface area contributed by atoms with E-state index in [9.17, 15) is 9.59 Å². The van der Waals surface area contributed by atoms with Gasteiger partial charge in [-0.15, -0.1) is 0 Å². The zero-order valence-corrected chi connectivity index (χ0v) is 17.0. The lowest BCUT2D eigenvalue weighted by atomic mass is 10.1. The number of benzene rings is 2. The zero-order valence-electron chi connectivity index (χ0n) is 17.0. The molecule has 0 fully saturated rings. The van der Waals surface area contributed by atoms with Crippen LogP contribution in [-0.2, 0) is 14.3 Å². The van der Waals surface area contributed by atoms with Gasteiger partial charge in [0.25, 0.3) is 0 Å². The fraction of sp³-hybridized carbons (Fsp3) is 0.304. The van der Waals surface area contributed by atoms with Gasteiger partial charge in [-0.1, -0.05) is 43.3 Å². The van der Waals surface area contributed by atoms with E-state index in [0.717, 1.165) is 5.56 Å². The Morgan fingerprint density at radius 2 is 1.76 bits per heavy atom. The van der Waals surface area contributed by atoms with Crippen LogP contribution in [0.1, 0.15) is 37.0 Å². The highest BCUT2D eigenvalue weighted by Crippen LogP contribution is 2.31. The lowest BCUT2D eigenvalue weighted by Gasteiger charge is -2.20. The maximum Gasteiger partial charge on any atom is 0.306 e. The summed E-state index contributed by atoms with van der Waals surface area (Å²) in [6.07, 6.45) is 3.54. The van der Waals surface area contributed by atoms with E-state index in [1.165, 1.54) is 13.2 Å². The molecular formula is C23H27NO5. The van der Waals surface area contributed by atoms with Crippen molar-refractivity contribution in [2.24, 2.45) is 0 Å². The van der Waals surface area contributed by atoms with Crippen LogP contribution in [0.25, 0.3) is 6.08 Å². The van der Waals surface area contributed by atoms with Crippen molar-refractivity contribution in [3.8, 4) is 11.5 Å². The van der Waals surface area contributed by atoms with E-state index in [4.69, 9.17) is 14.2 Å². The van der Waals surface area contributed by atoms with E-state index in [2.05, 4.69) is 5.32 Å². The van der Waals surface area contributed by atoms with Crippen molar-refractivity contribution in [1.29, 1.82) is 0 Å². The highest BCUT2D eigenvalue weighted by Gasteiger charge is 2.19. The molecule has 29 heavy (non-hydrogen) atoms. The molecule has 0 bridgehead atoms. The third kappa shape index (κ3) is 6.99. The van der Waals surface area contributed by atoms with Crippen molar-refractivity contribution in [1.82, 2.24) is 5.32 Å². The fourth-order valence-corrected chi connectivity index (χ4v) is 2.69. The summed E-state index contributed by atoms with van der Waals surface area (Å²) >= 11 is 0. The monoisotopic (exact) mass is 397 g/mol. The van der Waals surface area contributed by atoms with E-state index in [0.29, 0.717) is 29.9 Å². The Morgan fingerprint density at radius 3 is 2.41 bits per heavy atom. The lowest BCUT2D eigenvalue weighted by molar-refractivity contribution is -0.149. The summed E-state index contributed by atoms with van der Waals surface area (Å²) in [5, 5.41) is 2.79. The zero-order chi connectivity index (χ0) is 21.1. The Hall–Kier alpha value is -3.28. The Balaban J connectivity index is 2.10. The molecule has 1 unspecified atom stereocenters. The Morgan fingerprint density at radius 1 is 1.03 bits per heavy atom. The number of esters is 1. The van der Waals surface area contributed by atoms with Gasteiger partial charge in [0.05, 0.1) is 20.8 Å². The number of hydrogen-bond donors (Lipinski definition) is 1. The minimum Gasteiger partial charge on any atom is -0.493 e. The van der Waals surface area contributed by atoms with Crippen LogP contribution in [0.4, 0.5) is 0 Å². The lowest BCUT2D eigenvalue weighted by Crippen LogP contribution is -2.29. The van der Waals surface area contributed by atoms with Crippen molar-refractivity contribution in [2.45, 2.75) is 25.9 Å². The average Bonchev–Trinajstić information content (AvgIpc) is 2.75. The van der Waals surface area contributed by atoms with Crippen molar-refractivity contribution in [3.05, 3.63) is 65.7 Å². The molecule has 0 saturated carbocycles. The predicted octanol–water partition coefficient (Wildman–Crippen LogP) is 3.92. The van der Waals surface area contributed by atoms with Crippen LogP contribution in [0.15, 0.2) is 54.6 Å². The van der Waals surface area contributed by atoms with Gasteiger partial charge in [0.2, 0.25) is 5.91 Å². The largest absolute Gasteiger partial charge is 0.493 e. The Kier molecular flexibility index (Phi) is 8.76. The van der Waals surface area contributed by atoms with Gasteiger partial charge < -0.3 is 19.5 Å². The molecule has 0 spiro atoms. The van der Waals surface area contributed by atoms with E-state index >= 15 is 0 Å². The summed E-state index contributed by atoms with van der Waals surface area (Å²) in [5.74, 6) is 0.508. The van der Waals surface area contributed by atoms with Crippen molar-refractivity contribution in [3.63, 3.8) is 0 Å². The average molecular weight is 397 g/mol. The maximum atomic E-state index is 12.2. The minimum atomic E-state index is -0.636. The topological polar surface area (TPSA) is 73.9 Å². The van der Waals surface area contributed by atoms with Gasteiger partial charge in [0.1, 0.15) is 6.10 Å². The van der Waals surface area contributed by atoms with Gasteiger partial charge in [-0.05, 0) is 35.8 Å². The van der Waals surface area contributed by atoms with Crippen LogP contribution in [0.2, 0.25) is 0 Å². The van der Waals surface area contributed by atoms with Gasteiger partial charge in [-0.3, -0.25) is 9.59 Å². The first-order valence-corrected chi connectivity index (χ1v) is 9.49. The van der Waals surface area contributed by atoms with Crippen LogP contribution in [0.5, 0.6) is 11.5 Å². The van der Waals surface area contributed by atoms with E-state index in [-0.39, 0.29) is 18.4 Å². The summed E-state index contributed by atoms with van der Waals surface area (Å²) in [6, 6.07) is 14.8. The minimum absolute atomic E-state index is 0.142. The maximum absolute atomic E-state index is 12.2. The molecule has 6 heteroatoms. The SMILES string of the molecule is CCCC(=O)OC(CNC(=O)C=Cc1ccccc1)c1ccc(OC)c(OC)c1. The highest BCUT2D eigenvalue weighted by molar-refractivity contribution is 5.91. The molecule has 1 atom stereocenters. The number of nitrogens with one attached hydrogen (secondary N) is 1. The molecule has 2 rings (SSSR count). The number of amides is 1. The first-order chi connectivity index (χ1) is 14.1. The van der Waals surface area contributed by atoms with Gasteiger partial charge in [0.15, 0.2) is 11.5 Å². The van der Waals surface area contributed by atoms with Gasteiger partial charge in [-0.2, -0.15) is 0 Å². The molecule has 2 aromatic rings. The predicted molar refractivity (Wildman–Crippen MR) is 112 cm³/mol. The third-order valence-electron chi connectivity index (χ3n) is 4.20. The first kappa shape index (κ1) is 22.0. The normalized spacial score (nSPS) is 11.7. The van der Waals surface area contributed by atoms with Crippen LogP contribution in [0.3, 0.4) is 0 Å². The summed E-state index contributed by atoms with van der Waals surface area (Å²) in [6.45, 7) is 2.05. The van der Waals surface area contributed by atoms with Gasteiger partial charge in [0, 0.05) is 12.5 Å². The molecular weight excluding hydrogens is 370 g/mol. The molecule has 1 amide bonds. The van der Waals surface area contributed by atoms with E-state index < -0.39 is 6.10 Å². The number of methoxy groups -OCH3 is 2. The first-order valence-electron chi connectivity index (χ1n) is 9.49. The molecule has 0 heterocycles. The molecule has 0 aliphatic rings. The van der Waals surface area contributed by atoms with Gasteiger partial charge in [-0.25, -0.2) is 0 Å². The molecule has 6 nitrogen and oxygen atoms in total. The molecule has 2 aromatic carbocycles. The van der Waals surface area contributed by atoms with Crippen molar-refractivity contribution < 1.29 is 23.8 Å². The van der Waals surface area contributed by atoms with Crippen LogP contribution >= 0.6 is 0 Å². The number of ether oxygens (including phenoxy) is 3. The second kappa shape index (κ2) is 11.5. The fourth-order valence-electron chi connectivity index (χ4n) is 2.69. The van der Waals surface area contributed by atoms with E-state index in [1.54, 1.807) is 31.4 Å². The number of hydrogen-bond acceptors (Lipinski definition) is 5. The molecule has 0 aliphatic heterocycles. The summed E-state index contributed by atoms with van der Waals surface area (Å²) < 4.78 is 16.2. The quantitative estimate of drug-likeness (QED) is 0.486. The molecule has 0 aromatic heterocycles. The van der Waals surface area contributed by atoms with Crippen molar-refractivity contribution in [2.75, 3.05) is 20.8 Å². The second-order valence-corrected chi connectivity index (χ2v) is 6.33. The molecule has 154 valence electrons. The summed E-state index contributed by atoms with van der Waals surface area (Å²) in [7, 11) is 3.09. The Bertz CT molecular complexity index is 832. The van der Waals surface area contributed by atoms with Crippen LogP contribution in [-0.4, -0.2) is 32.6 Å². The molecule has 0 radical (unpaired) electrons. The smallest absolute Gasteiger partial charge is 0.306 e. The van der Waals surface area contributed by atoms with Crippen LogP contribution in [0, 0.1) is 0 Å². The summed E-state index contributed by atoms with van der Waals surface area (Å²) in [5.41, 5.74) is 1.63. The van der Waals surface area contributed by atoms with E-state index in [1.807, 2.05) is 37.3 Å². The standard InChI is InChI=1S/C23H27NO5/c1-4-8-23(26)29-21(18-12-13-19(27-2)20(15-18)28-3)16-24-22(25)14-11-17-9-6-5-7-10-17/h5-7,9-15,21H,4,8,16H2,1-3H3,(H,24,25). The number of rotatable bonds is 10. The number of carbonyl (C=O) groups is 2. The molecule has 0 saturated heterocycles. The second-order valence-electron chi connectivity index (χ2n) is 6.33. The highest BCUT2D eigenvalue weighted by atomic mass is 16.5. The molecule has 0 aliphatic carbocycles. The Labute approximate surface area is 171 Å². The van der Waals surface area contributed by atoms with Gasteiger partial charge >= 0.3 is 5.97 Å².